The third kappa shape index (κ3) is 50.8. The lowest BCUT2D eigenvalue weighted by Gasteiger charge is -2.20. The third-order valence-corrected chi connectivity index (χ3v) is 14.1. The Bertz CT molecular complexity index is 1070. The molecule has 11 heteroatoms. The predicted molar refractivity (Wildman–Crippen MR) is 277 cm³/mol. The van der Waals surface area contributed by atoms with Crippen molar-refractivity contribution in [3.05, 3.63) is 0 Å². The standard InChI is InChI=1S/C55H110NO9P/c1-3-5-7-9-11-13-15-17-19-21-22-23-24-25-26-27-28-29-30-31-32-33-35-37-39-41-43-45-47-54(57)65-52(50-63-66(60,61)64-51-53(56)55(58)59)49-62-48-46-44-42-40-38-36-34-20-18-16-14-12-10-8-6-4-2/h52-53H,3-51,56H2,1-2H3,(H,58,59)(H,60,61)/t52-,53+/m1/s1. The Balaban J connectivity index is 3.95. The second-order valence-corrected chi connectivity index (χ2v) is 21.2. The Morgan fingerprint density at radius 3 is 1.00 bits per heavy atom. The molecular weight excluding hydrogens is 850 g/mol. The van der Waals surface area contributed by atoms with E-state index in [0.29, 0.717) is 6.61 Å². The molecule has 394 valence electrons. The molecule has 0 aliphatic heterocycles. The summed E-state index contributed by atoms with van der Waals surface area (Å²) in [6.07, 6.45) is 57.5. The van der Waals surface area contributed by atoms with Gasteiger partial charge in [-0.25, -0.2) is 4.57 Å². The van der Waals surface area contributed by atoms with E-state index in [-0.39, 0.29) is 13.0 Å². The van der Waals surface area contributed by atoms with Crippen molar-refractivity contribution in [2.45, 2.75) is 315 Å². The summed E-state index contributed by atoms with van der Waals surface area (Å²) in [6, 6.07) is -1.47. The molecule has 0 aliphatic rings. The first-order valence-electron chi connectivity index (χ1n) is 28.6. The van der Waals surface area contributed by atoms with Crippen LogP contribution in [0.5, 0.6) is 0 Å². The molecule has 3 atom stereocenters. The molecule has 0 radical (unpaired) electrons. The fourth-order valence-corrected chi connectivity index (χ4v) is 9.51. The van der Waals surface area contributed by atoms with Crippen LogP contribution in [-0.4, -0.2) is 60.5 Å². The number of carbonyl (C=O) groups is 2. The van der Waals surface area contributed by atoms with E-state index in [2.05, 4.69) is 13.8 Å². The summed E-state index contributed by atoms with van der Waals surface area (Å²) in [4.78, 5) is 33.7. The summed E-state index contributed by atoms with van der Waals surface area (Å²) in [5.74, 6) is -1.76. The number of hydrogen-bond donors (Lipinski definition) is 3. The van der Waals surface area contributed by atoms with Crippen molar-refractivity contribution in [3.8, 4) is 0 Å². The Hall–Kier alpha value is -1.03. The number of unbranched alkanes of at least 4 members (excludes halogenated alkanes) is 42. The van der Waals surface area contributed by atoms with E-state index in [1.807, 2.05) is 0 Å². The van der Waals surface area contributed by atoms with Gasteiger partial charge in [0.25, 0.3) is 0 Å². The molecule has 0 aromatic heterocycles. The first kappa shape index (κ1) is 65.0. The largest absolute Gasteiger partial charge is 0.480 e. The number of carbonyl (C=O) groups excluding carboxylic acids is 1. The van der Waals surface area contributed by atoms with Crippen LogP contribution < -0.4 is 5.73 Å². The van der Waals surface area contributed by atoms with Crippen molar-refractivity contribution in [1.29, 1.82) is 0 Å². The summed E-state index contributed by atoms with van der Waals surface area (Å²) in [5.41, 5.74) is 5.38. The van der Waals surface area contributed by atoms with Crippen molar-refractivity contribution in [2.75, 3.05) is 26.4 Å². The van der Waals surface area contributed by atoms with Crippen molar-refractivity contribution in [2.24, 2.45) is 5.73 Å². The van der Waals surface area contributed by atoms with Crippen LogP contribution in [0.25, 0.3) is 0 Å². The van der Waals surface area contributed by atoms with Gasteiger partial charge in [0.15, 0.2) is 0 Å². The molecule has 0 heterocycles. The highest BCUT2D eigenvalue weighted by molar-refractivity contribution is 7.47. The van der Waals surface area contributed by atoms with Crippen molar-refractivity contribution in [1.82, 2.24) is 0 Å². The minimum absolute atomic E-state index is 0.0265. The van der Waals surface area contributed by atoms with E-state index >= 15 is 0 Å². The fraction of sp³-hybridized carbons (Fsp3) is 0.964. The van der Waals surface area contributed by atoms with Crippen LogP contribution in [0.4, 0.5) is 0 Å². The Labute approximate surface area is 408 Å². The SMILES string of the molecule is CCCCCCCCCCCCCCCCCCCCCCCCCCCCCCC(=O)O[C@H](COCCCCCCCCCCCCCCCCCC)COP(=O)(O)OC[C@H](N)C(=O)O. The molecule has 0 amide bonds. The van der Waals surface area contributed by atoms with Crippen LogP contribution in [-0.2, 0) is 32.7 Å². The Kier molecular flexibility index (Phi) is 51.0. The van der Waals surface area contributed by atoms with Gasteiger partial charge in [-0.05, 0) is 12.8 Å². The number of hydrogen-bond acceptors (Lipinski definition) is 8. The molecule has 0 saturated heterocycles. The van der Waals surface area contributed by atoms with Crippen LogP contribution in [0.3, 0.4) is 0 Å². The number of esters is 1. The zero-order valence-corrected chi connectivity index (χ0v) is 44.5. The number of nitrogens with two attached hydrogens (primary N) is 1. The van der Waals surface area contributed by atoms with E-state index < -0.39 is 45.1 Å². The van der Waals surface area contributed by atoms with Crippen molar-refractivity contribution < 1.29 is 42.7 Å². The molecule has 0 saturated carbocycles. The van der Waals surface area contributed by atoms with Gasteiger partial charge < -0.3 is 25.2 Å². The van der Waals surface area contributed by atoms with Gasteiger partial charge in [-0.15, -0.1) is 0 Å². The molecule has 4 N–H and O–H groups in total. The maximum Gasteiger partial charge on any atom is 0.472 e. The van der Waals surface area contributed by atoms with Gasteiger partial charge >= 0.3 is 19.8 Å². The molecule has 10 nitrogen and oxygen atoms in total. The zero-order chi connectivity index (χ0) is 48.3. The molecule has 0 spiro atoms. The summed E-state index contributed by atoms with van der Waals surface area (Å²) < 4.78 is 33.6. The van der Waals surface area contributed by atoms with Gasteiger partial charge in [-0.1, -0.05) is 284 Å². The highest BCUT2D eigenvalue weighted by atomic mass is 31.2. The number of carboxylic acids is 1. The highest BCUT2D eigenvalue weighted by Crippen LogP contribution is 2.43. The molecule has 0 aromatic rings. The molecule has 0 bridgehead atoms. The average Bonchev–Trinajstić information content (AvgIpc) is 3.30. The summed E-state index contributed by atoms with van der Waals surface area (Å²) >= 11 is 0. The van der Waals surface area contributed by atoms with Gasteiger partial charge in [-0.2, -0.15) is 0 Å². The van der Waals surface area contributed by atoms with E-state index in [9.17, 15) is 19.0 Å². The molecule has 0 rings (SSSR count). The second-order valence-electron chi connectivity index (χ2n) is 19.8. The molecule has 66 heavy (non-hydrogen) atoms. The van der Waals surface area contributed by atoms with E-state index in [0.717, 1.165) is 38.5 Å². The van der Waals surface area contributed by atoms with Gasteiger partial charge in [0.1, 0.15) is 12.1 Å². The normalized spacial score (nSPS) is 13.5. The summed E-state index contributed by atoms with van der Waals surface area (Å²) in [6.45, 7) is 3.97. The van der Waals surface area contributed by atoms with Crippen LogP contribution in [0, 0.1) is 0 Å². The molecule has 0 aromatic carbocycles. The quantitative estimate of drug-likeness (QED) is 0.0305. The molecule has 1 unspecified atom stereocenters. The Morgan fingerprint density at radius 1 is 0.424 bits per heavy atom. The summed E-state index contributed by atoms with van der Waals surface area (Å²) in [5, 5.41) is 8.94. The van der Waals surface area contributed by atoms with Crippen molar-refractivity contribution in [3.63, 3.8) is 0 Å². The van der Waals surface area contributed by atoms with Crippen LogP contribution >= 0.6 is 7.82 Å². The molecule has 0 aliphatic carbocycles. The van der Waals surface area contributed by atoms with Crippen LogP contribution in [0.15, 0.2) is 0 Å². The lowest BCUT2D eigenvalue weighted by atomic mass is 10.0. The lowest BCUT2D eigenvalue weighted by molar-refractivity contribution is -0.154. The first-order valence-corrected chi connectivity index (χ1v) is 30.1. The van der Waals surface area contributed by atoms with E-state index in [1.54, 1.807) is 0 Å². The zero-order valence-electron chi connectivity index (χ0n) is 43.6. The van der Waals surface area contributed by atoms with Crippen molar-refractivity contribution >= 4 is 19.8 Å². The molecular formula is C55H110NO9P. The smallest absolute Gasteiger partial charge is 0.472 e. The first-order chi connectivity index (χ1) is 32.2. The number of phosphoric ester groups is 1. The van der Waals surface area contributed by atoms with E-state index in [4.69, 9.17) is 29.4 Å². The Morgan fingerprint density at radius 2 is 0.697 bits per heavy atom. The van der Waals surface area contributed by atoms with Gasteiger partial charge in [0.2, 0.25) is 0 Å². The van der Waals surface area contributed by atoms with Gasteiger partial charge in [-0.3, -0.25) is 18.6 Å². The monoisotopic (exact) mass is 960 g/mol. The maximum atomic E-state index is 12.7. The van der Waals surface area contributed by atoms with Crippen LogP contribution in [0.1, 0.15) is 303 Å². The number of phosphoric acid groups is 1. The minimum Gasteiger partial charge on any atom is -0.480 e. The van der Waals surface area contributed by atoms with Crippen LogP contribution in [0.2, 0.25) is 0 Å². The number of rotatable bonds is 56. The van der Waals surface area contributed by atoms with Gasteiger partial charge in [0, 0.05) is 13.0 Å². The van der Waals surface area contributed by atoms with Gasteiger partial charge in [0.05, 0.1) is 19.8 Å². The summed E-state index contributed by atoms with van der Waals surface area (Å²) in [7, 11) is -4.62. The fourth-order valence-electron chi connectivity index (χ4n) is 8.73. The average molecular weight is 960 g/mol. The second kappa shape index (κ2) is 51.8. The van der Waals surface area contributed by atoms with E-state index in [1.165, 1.54) is 244 Å². The maximum absolute atomic E-state index is 12.7. The minimum atomic E-state index is -4.62. The lowest BCUT2D eigenvalue weighted by Crippen LogP contribution is -2.34. The number of carboxylic acid groups (broad SMARTS) is 1. The topological polar surface area (TPSA) is 155 Å². The molecule has 0 fully saturated rings. The number of ether oxygens (including phenoxy) is 2. The predicted octanol–water partition coefficient (Wildman–Crippen LogP) is 17.1. The number of aliphatic carboxylic acids is 1. The third-order valence-electron chi connectivity index (χ3n) is 13.1. The highest BCUT2D eigenvalue weighted by Gasteiger charge is 2.27.